The lowest BCUT2D eigenvalue weighted by Crippen LogP contribution is -2.62. The molecule has 0 aromatic rings. The molecule has 8 aliphatic rings. The Balaban J connectivity index is 0.726. The first-order valence-electron chi connectivity index (χ1n) is 24.4. The predicted octanol–water partition coefficient (Wildman–Crippen LogP) is 6.41. The molecule has 0 amide bonds. The number of fused-ring (bicyclic) bond motifs is 10. The molecule has 14 atom stereocenters. The van der Waals surface area contributed by atoms with E-state index in [4.69, 9.17) is 9.47 Å². The molecule has 0 heterocycles. The summed E-state index contributed by atoms with van der Waals surface area (Å²) in [5, 5.41) is 47.2. The molecular formula is C51H72O12. The van der Waals surface area contributed by atoms with Crippen molar-refractivity contribution in [2.75, 3.05) is 13.2 Å². The summed E-state index contributed by atoms with van der Waals surface area (Å²) in [6.45, 7) is 7.15. The van der Waals surface area contributed by atoms with Crippen LogP contribution >= 0.6 is 0 Å². The molecule has 0 unspecified atom stereocenters. The molecule has 0 aliphatic heterocycles. The highest BCUT2D eigenvalue weighted by Gasteiger charge is 2.70. The zero-order valence-electron chi connectivity index (χ0n) is 38.1. The van der Waals surface area contributed by atoms with E-state index in [-0.39, 0.29) is 96.4 Å². The summed E-state index contributed by atoms with van der Waals surface area (Å²) in [6.07, 6.45) is 13.6. The van der Waals surface area contributed by atoms with Crippen LogP contribution in [0.2, 0.25) is 0 Å². The molecule has 0 bridgehead atoms. The average molecular weight is 877 g/mol. The lowest BCUT2D eigenvalue weighted by Gasteiger charge is -2.60. The maximum atomic E-state index is 13.6. The monoisotopic (exact) mass is 877 g/mol. The van der Waals surface area contributed by atoms with Gasteiger partial charge in [-0.2, -0.15) is 0 Å². The number of aliphatic hydroxyl groups is 4. The number of hydrogen-bond donors (Lipinski definition) is 4. The van der Waals surface area contributed by atoms with Crippen LogP contribution in [-0.4, -0.2) is 92.1 Å². The number of Topliss-reactive ketones (excluding diaryl/α,β-unsaturated/α-hetero) is 2. The third-order valence-corrected chi connectivity index (χ3v) is 19.5. The summed E-state index contributed by atoms with van der Waals surface area (Å²) in [7, 11) is 0. The summed E-state index contributed by atoms with van der Waals surface area (Å²) in [5.74, 6) is -1.48. The van der Waals surface area contributed by atoms with E-state index in [1.54, 1.807) is 12.2 Å². The third-order valence-electron chi connectivity index (χ3n) is 19.5. The number of ether oxygens (including phenoxy) is 2. The number of esters is 2. The molecule has 4 N–H and O–H groups in total. The molecule has 0 aromatic heterocycles. The van der Waals surface area contributed by atoms with Gasteiger partial charge >= 0.3 is 11.9 Å². The zero-order valence-corrected chi connectivity index (χ0v) is 38.1. The van der Waals surface area contributed by atoms with Crippen LogP contribution in [0.15, 0.2) is 23.3 Å². The van der Waals surface area contributed by atoms with Gasteiger partial charge in [0.2, 0.25) is 11.6 Å². The first-order chi connectivity index (χ1) is 29.7. The van der Waals surface area contributed by atoms with Crippen LogP contribution < -0.4 is 0 Å². The maximum Gasteiger partial charge on any atom is 0.306 e. The summed E-state index contributed by atoms with van der Waals surface area (Å²) in [6, 6.07) is 0. The summed E-state index contributed by atoms with van der Waals surface area (Å²) in [4.78, 5) is 77.1. The van der Waals surface area contributed by atoms with E-state index < -0.39 is 71.0 Å². The molecule has 0 radical (unpaired) electrons. The van der Waals surface area contributed by atoms with Gasteiger partial charge in [-0.05, 0) is 148 Å². The SMILES string of the molecule is C[C@]12CCC(=O)C=C1CC[C@@H]1[C@@H]2[C@@H](O)C[C@@]2(C)[C@H]1CC[C@]2(O)C(=O)COC(=O)CCCCCCCC(=O)OCC(=O)[C@@]1(O)CC[C@H]2[C@@H]3CCC4=CC(=O)CC[C@]4(C)[C@H]3[C@@H](O)C[C@@]21C. The number of hydrogen-bond acceptors (Lipinski definition) is 12. The number of aliphatic hydroxyl groups excluding tert-OH is 2. The van der Waals surface area contributed by atoms with Gasteiger partial charge in [0.1, 0.15) is 11.2 Å². The molecule has 0 spiro atoms. The number of unbranched alkanes of at least 4 members (excludes halogenated alkanes) is 4. The van der Waals surface area contributed by atoms with Crippen molar-refractivity contribution in [1.29, 1.82) is 0 Å². The molecule has 0 saturated heterocycles. The van der Waals surface area contributed by atoms with Crippen molar-refractivity contribution in [2.45, 2.75) is 186 Å². The van der Waals surface area contributed by atoms with Crippen LogP contribution in [-0.2, 0) is 38.2 Å². The number of allylic oxidation sites excluding steroid dienone is 2. The minimum atomic E-state index is -1.70. The Bertz CT molecular complexity index is 1820. The Labute approximate surface area is 372 Å². The lowest BCUT2D eigenvalue weighted by molar-refractivity contribution is -0.184. The van der Waals surface area contributed by atoms with Gasteiger partial charge in [0.15, 0.2) is 24.8 Å². The highest BCUT2D eigenvalue weighted by Crippen LogP contribution is 2.69. The van der Waals surface area contributed by atoms with E-state index >= 15 is 0 Å². The molecule has 8 aliphatic carbocycles. The summed E-state index contributed by atoms with van der Waals surface area (Å²) in [5.41, 5.74) is -3.36. The molecular weight excluding hydrogens is 805 g/mol. The Kier molecular flexibility index (Phi) is 12.5. The van der Waals surface area contributed by atoms with Gasteiger partial charge in [0.05, 0.1) is 12.2 Å². The maximum absolute atomic E-state index is 13.6. The molecule has 6 saturated carbocycles. The van der Waals surface area contributed by atoms with Crippen LogP contribution in [0.3, 0.4) is 0 Å². The Morgan fingerprint density at radius 3 is 1.35 bits per heavy atom. The van der Waals surface area contributed by atoms with Gasteiger partial charge in [0, 0.05) is 36.5 Å². The van der Waals surface area contributed by atoms with E-state index in [2.05, 4.69) is 13.8 Å². The molecule has 63 heavy (non-hydrogen) atoms. The molecule has 12 heteroatoms. The van der Waals surface area contributed by atoms with Gasteiger partial charge in [0.25, 0.3) is 0 Å². The van der Waals surface area contributed by atoms with E-state index in [9.17, 15) is 49.2 Å². The second kappa shape index (κ2) is 17.0. The smallest absolute Gasteiger partial charge is 0.306 e. The van der Waals surface area contributed by atoms with E-state index in [0.29, 0.717) is 64.2 Å². The van der Waals surface area contributed by atoms with Gasteiger partial charge < -0.3 is 29.9 Å². The van der Waals surface area contributed by atoms with Crippen molar-refractivity contribution in [3.05, 3.63) is 23.3 Å². The van der Waals surface area contributed by atoms with Crippen LogP contribution in [0.4, 0.5) is 0 Å². The van der Waals surface area contributed by atoms with Crippen molar-refractivity contribution in [2.24, 2.45) is 57.2 Å². The van der Waals surface area contributed by atoms with Crippen LogP contribution in [0.1, 0.15) is 163 Å². The number of carbonyl (C=O) groups excluding carboxylic acids is 6. The van der Waals surface area contributed by atoms with Crippen LogP contribution in [0.25, 0.3) is 0 Å². The Morgan fingerprint density at radius 2 is 0.952 bits per heavy atom. The highest BCUT2D eigenvalue weighted by atomic mass is 16.5. The van der Waals surface area contributed by atoms with Crippen LogP contribution in [0, 0.1) is 57.2 Å². The van der Waals surface area contributed by atoms with Gasteiger partial charge in [-0.15, -0.1) is 0 Å². The molecule has 8 rings (SSSR count). The largest absolute Gasteiger partial charge is 0.458 e. The molecule has 0 aromatic carbocycles. The van der Waals surface area contributed by atoms with Crippen molar-refractivity contribution in [3.63, 3.8) is 0 Å². The average Bonchev–Trinajstić information content (AvgIpc) is 3.67. The molecule has 6 fully saturated rings. The second-order valence-corrected chi connectivity index (χ2v) is 22.4. The standard InChI is InChI=1S/C51H72O12/c1-46-20-16-32(52)24-30(46)12-14-34-36-18-22-50(60,48(36,3)26-38(54)44(34)46)40(56)28-62-42(58)10-8-6-5-7-9-11-43(59)63-29-41(57)51(61)23-19-37-35-15-13-31-25-33(53)17-21-47(31,2)45(35)39(55)27-49(37,51)4/h24-25,34-39,44-45,54-55,60-61H,5-23,26-29H2,1-4H3/t34-,35-,36-,37-,38-,39-,44+,45+,46-,47-,48-,49-,50-,51-/m0/s1. The summed E-state index contributed by atoms with van der Waals surface area (Å²) < 4.78 is 10.8. The van der Waals surface area contributed by atoms with E-state index in [0.717, 1.165) is 43.3 Å². The second-order valence-electron chi connectivity index (χ2n) is 22.4. The number of rotatable bonds is 14. The quantitative estimate of drug-likeness (QED) is 0.111. The lowest BCUT2D eigenvalue weighted by atomic mass is 9.45. The van der Waals surface area contributed by atoms with Crippen LogP contribution in [0.5, 0.6) is 0 Å². The first kappa shape index (κ1) is 46.5. The van der Waals surface area contributed by atoms with Gasteiger partial charge in [-0.25, -0.2) is 0 Å². The third kappa shape index (κ3) is 7.56. The fourth-order valence-corrected chi connectivity index (χ4v) is 16.0. The van der Waals surface area contributed by atoms with Crippen molar-refractivity contribution < 1.29 is 58.7 Å². The summed E-state index contributed by atoms with van der Waals surface area (Å²) >= 11 is 0. The molecule has 12 nitrogen and oxygen atoms in total. The minimum Gasteiger partial charge on any atom is -0.458 e. The zero-order chi connectivity index (χ0) is 45.3. The van der Waals surface area contributed by atoms with E-state index in [1.807, 2.05) is 13.8 Å². The Hall–Kier alpha value is -3.06. The Morgan fingerprint density at radius 1 is 0.571 bits per heavy atom. The van der Waals surface area contributed by atoms with Crippen molar-refractivity contribution in [3.8, 4) is 0 Å². The fraction of sp³-hybridized carbons (Fsp3) is 0.804. The predicted molar refractivity (Wildman–Crippen MR) is 230 cm³/mol. The minimum absolute atomic E-state index is 0.0277. The van der Waals surface area contributed by atoms with E-state index in [1.165, 1.54) is 0 Å². The first-order valence-corrected chi connectivity index (χ1v) is 24.4. The normalized spacial score (nSPS) is 43.8. The number of ketones is 4. The van der Waals surface area contributed by atoms with Gasteiger partial charge in [-0.3, -0.25) is 28.8 Å². The van der Waals surface area contributed by atoms with Crippen molar-refractivity contribution in [1.82, 2.24) is 0 Å². The fourth-order valence-electron chi connectivity index (χ4n) is 16.0. The molecule has 348 valence electrons. The van der Waals surface area contributed by atoms with Gasteiger partial charge in [-0.1, -0.05) is 58.1 Å². The topological polar surface area (TPSA) is 202 Å². The highest BCUT2D eigenvalue weighted by molar-refractivity contribution is 5.93. The number of carbonyl (C=O) groups is 6. The van der Waals surface area contributed by atoms with Crippen molar-refractivity contribution >= 4 is 35.1 Å².